The summed E-state index contributed by atoms with van der Waals surface area (Å²) in [7, 11) is 0. The van der Waals surface area contributed by atoms with Crippen LogP contribution < -0.4 is 0 Å². The highest BCUT2D eigenvalue weighted by molar-refractivity contribution is 5.63. The van der Waals surface area contributed by atoms with Gasteiger partial charge in [0.2, 0.25) is 0 Å². The average Bonchev–Trinajstić information content (AvgIpc) is 2.74. The van der Waals surface area contributed by atoms with E-state index in [0.29, 0.717) is 0 Å². The van der Waals surface area contributed by atoms with Crippen molar-refractivity contribution in [2.75, 3.05) is 0 Å². The molecule has 4 nitrogen and oxygen atoms in total. The van der Waals surface area contributed by atoms with E-state index in [1.165, 1.54) is 0 Å². The molecule has 0 N–H and O–H groups in total. The van der Waals surface area contributed by atoms with Crippen molar-refractivity contribution < 1.29 is 0 Å². The average molecular weight is 196 g/mol. The largest absolute Gasteiger partial charge is 0.219 e. The lowest BCUT2D eigenvalue weighted by molar-refractivity contribution is 0.891. The first-order chi connectivity index (χ1) is 7.43. The van der Waals surface area contributed by atoms with Crippen LogP contribution in [0, 0.1) is 0 Å². The van der Waals surface area contributed by atoms with E-state index in [0.717, 1.165) is 16.9 Å². The van der Waals surface area contributed by atoms with E-state index in [9.17, 15) is 0 Å². The highest BCUT2D eigenvalue weighted by atomic mass is 15.3. The molecule has 0 spiro atoms. The zero-order valence-corrected chi connectivity index (χ0v) is 7.91. The Morgan fingerprint density at radius 2 is 1.93 bits per heavy atom. The normalized spacial score (nSPS) is 10.7. The second kappa shape index (κ2) is 3.16. The van der Waals surface area contributed by atoms with Gasteiger partial charge in [-0.25, -0.2) is 4.52 Å². The van der Waals surface area contributed by atoms with Crippen molar-refractivity contribution in [3.63, 3.8) is 0 Å². The molecular formula is C11H8N4. The van der Waals surface area contributed by atoms with Gasteiger partial charge in [0.25, 0.3) is 0 Å². The Hall–Kier alpha value is -2.23. The SMILES string of the molecule is c1ccc(-c2cc3nnccn3n2)cc1. The molecule has 0 unspecified atom stereocenters. The second-order valence-electron chi connectivity index (χ2n) is 3.21. The minimum Gasteiger partial charge on any atom is -0.219 e. The molecule has 0 atom stereocenters. The highest BCUT2D eigenvalue weighted by Crippen LogP contribution is 2.17. The van der Waals surface area contributed by atoms with Crippen molar-refractivity contribution in [1.82, 2.24) is 19.8 Å². The van der Waals surface area contributed by atoms with Crippen molar-refractivity contribution in [3.05, 3.63) is 48.8 Å². The third-order valence-electron chi connectivity index (χ3n) is 2.22. The topological polar surface area (TPSA) is 43.1 Å². The zero-order valence-electron chi connectivity index (χ0n) is 7.91. The maximum Gasteiger partial charge on any atom is 0.177 e. The van der Waals surface area contributed by atoms with Crippen LogP contribution >= 0.6 is 0 Å². The fourth-order valence-electron chi connectivity index (χ4n) is 1.50. The number of nitrogens with zero attached hydrogens (tertiary/aromatic N) is 4. The van der Waals surface area contributed by atoms with E-state index in [2.05, 4.69) is 15.3 Å². The maximum atomic E-state index is 4.40. The van der Waals surface area contributed by atoms with E-state index in [1.54, 1.807) is 16.9 Å². The first-order valence-electron chi connectivity index (χ1n) is 4.66. The van der Waals surface area contributed by atoms with Gasteiger partial charge >= 0.3 is 0 Å². The lowest BCUT2D eigenvalue weighted by Gasteiger charge is -1.92. The van der Waals surface area contributed by atoms with Crippen LogP contribution in [0.4, 0.5) is 0 Å². The molecule has 0 radical (unpaired) electrons. The van der Waals surface area contributed by atoms with E-state index in [1.807, 2.05) is 36.4 Å². The number of fused-ring (bicyclic) bond motifs is 1. The first kappa shape index (κ1) is 8.11. The van der Waals surface area contributed by atoms with Crippen molar-refractivity contribution in [2.24, 2.45) is 0 Å². The zero-order chi connectivity index (χ0) is 10.1. The second-order valence-corrected chi connectivity index (χ2v) is 3.21. The van der Waals surface area contributed by atoms with Crippen LogP contribution in [-0.2, 0) is 0 Å². The molecule has 2 heterocycles. The molecule has 0 bridgehead atoms. The number of hydrogen-bond acceptors (Lipinski definition) is 3. The maximum absolute atomic E-state index is 4.40. The number of benzene rings is 1. The van der Waals surface area contributed by atoms with Crippen LogP contribution in [0.15, 0.2) is 48.8 Å². The third-order valence-corrected chi connectivity index (χ3v) is 2.22. The molecule has 0 aliphatic rings. The van der Waals surface area contributed by atoms with Crippen LogP contribution in [0.1, 0.15) is 0 Å². The lowest BCUT2D eigenvalue weighted by Crippen LogP contribution is -1.89. The fourth-order valence-corrected chi connectivity index (χ4v) is 1.50. The smallest absolute Gasteiger partial charge is 0.177 e. The van der Waals surface area contributed by atoms with Crippen molar-refractivity contribution in [2.45, 2.75) is 0 Å². The minimum atomic E-state index is 0.761. The summed E-state index contributed by atoms with van der Waals surface area (Å²) in [5.74, 6) is 0. The highest BCUT2D eigenvalue weighted by Gasteiger charge is 2.03. The van der Waals surface area contributed by atoms with Crippen molar-refractivity contribution >= 4 is 5.65 Å². The van der Waals surface area contributed by atoms with Crippen LogP contribution in [0.2, 0.25) is 0 Å². The van der Waals surface area contributed by atoms with Gasteiger partial charge in [0.15, 0.2) is 5.65 Å². The van der Waals surface area contributed by atoms with E-state index in [4.69, 9.17) is 0 Å². The monoisotopic (exact) mass is 196 g/mol. The Labute approximate surface area is 86.2 Å². The Kier molecular flexibility index (Phi) is 1.71. The summed E-state index contributed by atoms with van der Waals surface area (Å²) in [5, 5.41) is 12.2. The summed E-state index contributed by atoms with van der Waals surface area (Å²) in [6.45, 7) is 0. The Morgan fingerprint density at radius 3 is 2.73 bits per heavy atom. The summed E-state index contributed by atoms with van der Waals surface area (Å²) in [5.41, 5.74) is 2.76. The van der Waals surface area contributed by atoms with Gasteiger partial charge < -0.3 is 0 Å². The minimum absolute atomic E-state index is 0.761. The number of aromatic nitrogens is 4. The molecule has 0 aliphatic heterocycles. The molecule has 1 aromatic carbocycles. The predicted molar refractivity (Wildman–Crippen MR) is 56.2 cm³/mol. The third kappa shape index (κ3) is 1.36. The predicted octanol–water partition coefficient (Wildman–Crippen LogP) is 1.79. The number of rotatable bonds is 1. The Morgan fingerprint density at radius 1 is 1.07 bits per heavy atom. The fraction of sp³-hybridized carbons (Fsp3) is 0. The number of hydrogen-bond donors (Lipinski definition) is 0. The summed E-state index contributed by atoms with van der Waals surface area (Å²) in [6, 6.07) is 11.9. The molecule has 72 valence electrons. The van der Waals surface area contributed by atoms with Gasteiger partial charge in [0.1, 0.15) is 0 Å². The molecule has 0 saturated heterocycles. The molecule has 0 fully saturated rings. The molecule has 0 aliphatic carbocycles. The standard InChI is InChI=1S/C11H8N4/c1-2-4-9(5-3-1)10-8-11-13-12-6-7-15(11)14-10/h1-8H. The van der Waals surface area contributed by atoms with Gasteiger partial charge in [-0.1, -0.05) is 30.3 Å². The Balaban J connectivity index is 2.21. The summed E-state index contributed by atoms with van der Waals surface area (Å²) >= 11 is 0. The molecule has 4 heteroatoms. The van der Waals surface area contributed by atoms with Gasteiger partial charge in [-0.15, -0.1) is 5.10 Å². The molecule has 0 saturated carbocycles. The van der Waals surface area contributed by atoms with E-state index in [-0.39, 0.29) is 0 Å². The van der Waals surface area contributed by atoms with Crippen LogP contribution in [0.3, 0.4) is 0 Å². The van der Waals surface area contributed by atoms with Crippen LogP contribution in [0.5, 0.6) is 0 Å². The van der Waals surface area contributed by atoms with E-state index >= 15 is 0 Å². The van der Waals surface area contributed by atoms with Crippen molar-refractivity contribution in [1.29, 1.82) is 0 Å². The van der Waals surface area contributed by atoms with E-state index < -0.39 is 0 Å². The molecule has 15 heavy (non-hydrogen) atoms. The summed E-state index contributed by atoms with van der Waals surface area (Å²) in [6.07, 6.45) is 3.41. The summed E-state index contributed by atoms with van der Waals surface area (Å²) < 4.78 is 1.72. The van der Waals surface area contributed by atoms with Crippen LogP contribution in [-0.4, -0.2) is 19.8 Å². The van der Waals surface area contributed by atoms with Gasteiger partial charge in [-0.2, -0.15) is 10.2 Å². The lowest BCUT2D eigenvalue weighted by atomic mass is 10.2. The van der Waals surface area contributed by atoms with Crippen LogP contribution in [0.25, 0.3) is 16.9 Å². The van der Waals surface area contributed by atoms with Crippen molar-refractivity contribution in [3.8, 4) is 11.3 Å². The van der Waals surface area contributed by atoms with Gasteiger partial charge in [0, 0.05) is 11.6 Å². The first-order valence-corrected chi connectivity index (χ1v) is 4.66. The van der Waals surface area contributed by atoms with Gasteiger partial charge in [-0.05, 0) is 0 Å². The van der Waals surface area contributed by atoms with Gasteiger partial charge in [0.05, 0.1) is 18.1 Å². The Bertz CT molecular complexity index is 553. The quantitative estimate of drug-likeness (QED) is 0.596. The molecule has 3 rings (SSSR count). The molecule has 3 aromatic rings. The van der Waals surface area contributed by atoms with Gasteiger partial charge in [-0.3, -0.25) is 0 Å². The molecule has 2 aromatic heterocycles. The molecular weight excluding hydrogens is 188 g/mol. The summed E-state index contributed by atoms with van der Waals surface area (Å²) in [4.78, 5) is 0. The molecule has 0 amide bonds.